The van der Waals surface area contributed by atoms with E-state index in [0.29, 0.717) is 23.5 Å². The Morgan fingerprint density at radius 3 is 2.23 bits per heavy atom. The van der Waals surface area contributed by atoms with Gasteiger partial charge in [0.05, 0.1) is 0 Å². The summed E-state index contributed by atoms with van der Waals surface area (Å²) in [5.41, 5.74) is 7.65. The van der Waals surface area contributed by atoms with E-state index in [-0.39, 0.29) is 34.4 Å². The molecule has 0 bridgehead atoms. The average Bonchev–Trinajstić information content (AvgIpc) is 2.73. The van der Waals surface area contributed by atoms with Crippen molar-refractivity contribution in [3.8, 4) is 5.75 Å². The fourth-order valence-corrected chi connectivity index (χ4v) is 2.60. The normalized spacial score (nSPS) is 9.50. The summed E-state index contributed by atoms with van der Waals surface area (Å²) in [6.45, 7) is 6.50. The number of nitrogens with zero attached hydrogens (tertiary/aromatic N) is 1. The van der Waals surface area contributed by atoms with E-state index in [4.69, 9.17) is 4.84 Å². The fourth-order valence-electron chi connectivity index (χ4n) is 2.60. The Bertz CT molecular complexity index is 961. The Morgan fingerprint density at radius 1 is 0.900 bits per heavy atom. The molecule has 0 aromatic heterocycles. The fraction of sp³-hybridized carbons (Fsp3) is 0.125. The Kier molecular flexibility index (Phi) is 10.6. The number of amides is 1. The first kappa shape index (κ1) is 25.2. The van der Waals surface area contributed by atoms with Crippen molar-refractivity contribution < 1.29 is 30.7 Å². The number of nitrogens with one attached hydrogen (secondary N) is 2. The number of rotatable bonds is 8. The minimum absolute atomic E-state index is 0. The molecule has 2 N–H and O–H groups in total. The smallest absolute Gasteiger partial charge is 0.255 e. The van der Waals surface area contributed by atoms with E-state index in [0.717, 1.165) is 16.9 Å². The molecule has 30 heavy (non-hydrogen) atoms. The number of hydrogen-bond acceptors (Lipinski definition) is 3. The predicted octanol–water partition coefficient (Wildman–Crippen LogP) is 6.34. The topological polar surface area (TPSA) is 64.5 Å². The largest absolute Gasteiger partial charge is 0.587 e. The molecule has 0 heterocycles. The van der Waals surface area contributed by atoms with E-state index in [1.807, 2.05) is 61.5 Å². The van der Waals surface area contributed by atoms with E-state index in [9.17, 15) is 4.79 Å². The molecule has 0 saturated carbocycles. The molecule has 0 aliphatic heterocycles. The molecule has 0 radical (unpaired) electrons. The van der Waals surface area contributed by atoms with Crippen LogP contribution in [-0.2, 0) is 21.1 Å². The van der Waals surface area contributed by atoms with Crippen LogP contribution in [-0.4, -0.2) is 12.5 Å². The summed E-state index contributed by atoms with van der Waals surface area (Å²) >= 11 is 0. The van der Waals surface area contributed by atoms with E-state index >= 15 is 0 Å². The second-order valence-corrected chi connectivity index (χ2v) is 6.07. The third-order valence-corrected chi connectivity index (χ3v) is 3.93. The van der Waals surface area contributed by atoms with Crippen LogP contribution in [0.4, 0.5) is 11.4 Å². The molecule has 0 atom stereocenters. The van der Waals surface area contributed by atoms with Crippen LogP contribution in [0.2, 0.25) is 0 Å². The van der Waals surface area contributed by atoms with Crippen LogP contribution in [0.1, 0.15) is 30.3 Å². The molecule has 3 rings (SSSR count). The Labute approximate surface area is 192 Å². The van der Waals surface area contributed by atoms with Crippen molar-refractivity contribution in [3.05, 3.63) is 102 Å². The first-order valence-electron chi connectivity index (χ1n) is 9.02. The van der Waals surface area contributed by atoms with Gasteiger partial charge in [-0.25, -0.2) is 0 Å². The first-order valence-corrected chi connectivity index (χ1v) is 9.02. The van der Waals surface area contributed by atoms with Crippen LogP contribution in [0.15, 0.2) is 85.4 Å². The van der Waals surface area contributed by atoms with Crippen molar-refractivity contribution >= 4 is 23.0 Å². The quantitative estimate of drug-likeness (QED) is 0.310. The van der Waals surface area contributed by atoms with Gasteiger partial charge in [-0.2, -0.15) is 0 Å². The van der Waals surface area contributed by atoms with Crippen LogP contribution in [0.25, 0.3) is 11.2 Å². The summed E-state index contributed by atoms with van der Waals surface area (Å²) in [4.78, 5) is 17.8. The third kappa shape index (κ3) is 7.18. The second-order valence-electron chi connectivity index (χ2n) is 6.07. The molecule has 0 spiro atoms. The molecule has 0 fully saturated rings. The summed E-state index contributed by atoms with van der Waals surface area (Å²) in [7, 11) is 0. The molecular formula is C24H26N3O2W-. The van der Waals surface area contributed by atoms with Gasteiger partial charge >= 0.3 is 0 Å². The van der Waals surface area contributed by atoms with Gasteiger partial charge in [-0.05, 0) is 42.0 Å². The third-order valence-electron chi connectivity index (χ3n) is 3.93. The Hall–Kier alpha value is -2.88. The predicted molar refractivity (Wildman–Crippen MR) is 121 cm³/mol. The molecule has 3 aromatic rings. The standard InChI is InChI=1S/C23H22N3O2.CH4.W/c1-3-24-28-22-14-7-11-19(15-22)23(27)26-21-13-8-12-20(16-21)25-17(2)18-9-5-4-6-10-18;;/h4-16,25H,2-3H2,1H3,(H,26,27);1H4;/q-1;;. The van der Waals surface area contributed by atoms with E-state index < -0.39 is 0 Å². The van der Waals surface area contributed by atoms with Crippen LogP contribution < -0.4 is 15.5 Å². The molecule has 5 nitrogen and oxygen atoms in total. The van der Waals surface area contributed by atoms with E-state index in [1.165, 1.54) is 0 Å². The maximum absolute atomic E-state index is 12.6. The zero-order valence-electron chi connectivity index (χ0n) is 16.1. The minimum atomic E-state index is -0.221. The van der Waals surface area contributed by atoms with Crippen LogP contribution in [0, 0.1) is 0 Å². The minimum Gasteiger partial charge on any atom is -0.587 e. The number of hydroxylamine groups is 1. The monoisotopic (exact) mass is 572 g/mol. The van der Waals surface area contributed by atoms with Crippen molar-refractivity contribution in [1.82, 2.24) is 0 Å². The van der Waals surface area contributed by atoms with Crippen molar-refractivity contribution in [2.45, 2.75) is 14.4 Å². The average molecular weight is 572 g/mol. The second kappa shape index (κ2) is 12.6. The summed E-state index contributed by atoms with van der Waals surface area (Å²) in [5.74, 6) is 0.310. The molecule has 0 unspecified atom stereocenters. The molecular weight excluding hydrogens is 546 g/mol. The summed E-state index contributed by atoms with van der Waals surface area (Å²) < 4.78 is 0. The van der Waals surface area contributed by atoms with Gasteiger partial charge in [-0.15, -0.1) is 6.54 Å². The van der Waals surface area contributed by atoms with Crippen LogP contribution in [0.5, 0.6) is 5.75 Å². The van der Waals surface area contributed by atoms with Gasteiger partial charge in [0.2, 0.25) is 0 Å². The van der Waals surface area contributed by atoms with Crippen LogP contribution >= 0.6 is 0 Å². The zero-order valence-corrected chi connectivity index (χ0v) is 19.0. The molecule has 156 valence electrons. The molecule has 6 heteroatoms. The van der Waals surface area contributed by atoms with Gasteiger partial charge in [0.15, 0.2) is 0 Å². The van der Waals surface area contributed by atoms with E-state index in [2.05, 4.69) is 22.7 Å². The van der Waals surface area contributed by atoms with Gasteiger partial charge in [-0.1, -0.05) is 63.4 Å². The number of carbonyl (C=O) groups excluding carboxylic acids is 1. The molecule has 0 aliphatic carbocycles. The summed E-state index contributed by atoms with van der Waals surface area (Å²) in [5, 5.41) is 6.17. The van der Waals surface area contributed by atoms with Gasteiger partial charge in [0.25, 0.3) is 5.91 Å². The van der Waals surface area contributed by atoms with Gasteiger partial charge < -0.3 is 21.0 Å². The zero-order chi connectivity index (χ0) is 19.8. The molecule has 3 aromatic carbocycles. The van der Waals surface area contributed by atoms with Crippen molar-refractivity contribution in [1.29, 1.82) is 0 Å². The van der Waals surface area contributed by atoms with Gasteiger partial charge in [0, 0.05) is 43.7 Å². The summed E-state index contributed by atoms with van der Waals surface area (Å²) in [6.07, 6.45) is 0. The van der Waals surface area contributed by atoms with Crippen LogP contribution in [0.3, 0.4) is 0 Å². The SMILES string of the molecule is C.C=C(Nc1cccc(NC(=O)c2cccc(O[N-]CC)c2)c1)c1ccccc1.[W]. The Morgan fingerprint density at radius 2 is 1.53 bits per heavy atom. The van der Waals surface area contributed by atoms with Crippen molar-refractivity contribution in [3.63, 3.8) is 0 Å². The van der Waals surface area contributed by atoms with Crippen molar-refractivity contribution in [2.24, 2.45) is 0 Å². The first-order chi connectivity index (χ1) is 13.7. The maximum Gasteiger partial charge on any atom is 0.255 e. The van der Waals surface area contributed by atoms with Gasteiger partial charge in [-0.3, -0.25) is 4.79 Å². The van der Waals surface area contributed by atoms with Gasteiger partial charge in [0.1, 0.15) is 5.75 Å². The maximum atomic E-state index is 12.6. The molecule has 0 saturated heterocycles. The molecule has 1 amide bonds. The molecule has 0 aliphatic rings. The number of carbonyl (C=O) groups is 1. The number of benzene rings is 3. The number of hydrogen-bond donors (Lipinski definition) is 2. The summed E-state index contributed by atoms with van der Waals surface area (Å²) in [6, 6.07) is 24.3. The Balaban J connectivity index is 0.00000225. The van der Waals surface area contributed by atoms with Crippen molar-refractivity contribution in [2.75, 3.05) is 17.2 Å². The number of anilines is 2. The van der Waals surface area contributed by atoms with E-state index in [1.54, 1.807) is 24.3 Å².